The first-order chi connectivity index (χ1) is 7.19. The molecular formula is C10H22O6. The van der Waals surface area contributed by atoms with Gasteiger partial charge in [-0.25, -0.2) is 0 Å². The molecule has 6 heteroatoms. The third-order valence-corrected chi connectivity index (χ3v) is 2.53. The highest BCUT2D eigenvalue weighted by Crippen LogP contribution is 2.27. The Hall–Kier alpha value is -0.240. The van der Waals surface area contributed by atoms with Crippen LogP contribution >= 0.6 is 0 Å². The van der Waals surface area contributed by atoms with Crippen LogP contribution in [0.15, 0.2) is 0 Å². The molecule has 16 heavy (non-hydrogen) atoms. The first-order valence-electron chi connectivity index (χ1n) is 5.53. The van der Waals surface area contributed by atoms with Crippen LogP contribution in [0.25, 0.3) is 0 Å². The molecule has 0 saturated heterocycles. The Morgan fingerprint density at radius 1 is 0.750 bits per heavy atom. The summed E-state index contributed by atoms with van der Waals surface area (Å²) in [4.78, 5) is 0. The molecule has 98 valence electrons. The highest BCUT2D eigenvalue weighted by molar-refractivity contribution is 4.72. The smallest absolute Gasteiger partial charge is 0.286 e. The second-order valence-corrected chi connectivity index (χ2v) is 4.13. The molecule has 0 unspecified atom stereocenters. The summed E-state index contributed by atoms with van der Waals surface area (Å²) in [6.07, 6.45) is 4.14. The Kier molecular flexibility index (Phi) is 6.39. The molecule has 0 heterocycles. The van der Waals surface area contributed by atoms with E-state index in [1.165, 1.54) is 0 Å². The van der Waals surface area contributed by atoms with Gasteiger partial charge in [0.15, 0.2) is 0 Å². The van der Waals surface area contributed by atoms with E-state index in [1.54, 1.807) is 0 Å². The van der Waals surface area contributed by atoms with Crippen LogP contribution in [0.3, 0.4) is 0 Å². The molecule has 0 amide bonds. The van der Waals surface area contributed by atoms with Gasteiger partial charge in [-0.3, -0.25) is 0 Å². The van der Waals surface area contributed by atoms with Gasteiger partial charge in [0, 0.05) is 0 Å². The second-order valence-electron chi connectivity index (χ2n) is 4.13. The summed E-state index contributed by atoms with van der Waals surface area (Å²) in [5.74, 6) is -8.44. The Bertz CT molecular complexity index is 167. The van der Waals surface area contributed by atoms with Crippen molar-refractivity contribution >= 4 is 0 Å². The summed E-state index contributed by atoms with van der Waals surface area (Å²) in [6, 6.07) is 0. The topological polar surface area (TPSA) is 121 Å². The van der Waals surface area contributed by atoms with Gasteiger partial charge in [0.05, 0.1) is 0 Å². The van der Waals surface area contributed by atoms with Crippen molar-refractivity contribution in [3.8, 4) is 0 Å². The van der Waals surface area contributed by atoms with E-state index in [-0.39, 0.29) is 6.42 Å². The van der Waals surface area contributed by atoms with Gasteiger partial charge in [-0.05, 0) is 6.42 Å². The summed E-state index contributed by atoms with van der Waals surface area (Å²) < 4.78 is 0. The van der Waals surface area contributed by atoms with Gasteiger partial charge in [0.25, 0.3) is 11.9 Å². The molecule has 0 aliphatic carbocycles. The third kappa shape index (κ3) is 6.37. The van der Waals surface area contributed by atoms with Crippen LogP contribution in [0.2, 0.25) is 0 Å². The van der Waals surface area contributed by atoms with Gasteiger partial charge >= 0.3 is 0 Å². The Morgan fingerprint density at radius 2 is 1.19 bits per heavy atom. The van der Waals surface area contributed by atoms with E-state index in [2.05, 4.69) is 0 Å². The summed E-state index contributed by atoms with van der Waals surface area (Å²) >= 11 is 0. The zero-order valence-electron chi connectivity index (χ0n) is 9.50. The van der Waals surface area contributed by atoms with E-state index < -0.39 is 17.9 Å². The first kappa shape index (κ1) is 15.8. The lowest BCUT2D eigenvalue weighted by molar-refractivity contribution is -0.440. The quantitative estimate of drug-likeness (QED) is 0.244. The maximum Gasteiger partial charge on any atom is 0.286 e. The van der Waals surface area contributed by atoms with Gasteiger partial charge in [-0.1, -0.05) is 39.0 Å². The van der Waals surface area contributed by atoms with E-state index in [0.29, 0.717) is 6.42 Å². The summed E-state index contributed by atoms with van der Waals surface area (Å²) in [5.41, 5.74) is 0. The van der Waals surface area contributed by atoms with E-state index >= 15 is 0 Å². The predicted octanol–water partition coefficient (Wildman–Crippen LogP) is -0.776. The average molecular weight is 238 g/mol. The minimum absolute atomic E-state index is 0.100. The van der Waals surface area contributed by atoms with Crippen LogP contribution in [0.4, 0.5) is 0 Å². The Balaban J connectivity index is 4.06. The highest BCUT2D eigenvalue weighted by atomic mass is 16.7. The van der Waals surface area contributed by atoms with Crippen LogP contribution in [-0.4, -0.2) is 42.6 Å². The molecule has 0 aromatic carbocycles. The number of hydrogen-bond acceptors (Lipinski definition) is 6. The van der Waals surface area contributed by atoms with Crippen molar-refractivity contribution in [1.82, 2.24) is 0 Å². The van der Waals surface area contributed by atoms with Gasteiger partial charge in [0.1, 0.15) is 5.92 Å². The number of rotatable bonds is 8. The second kappa shape index (κ2) is 6.48. The maximum absolute atomic E-state index is 8.85. The first-order valence-corrected chi connectivity index (χ1v) is 5.53. The van der Waals surface area contributed by atoms with Crippen molar-refractivity contribution in [3.05, 3.63) is 0 Å². The fourth-order valence-electron chi connectivity index (χ4n) is 1.60. The maximum atomic E-state index is 8.85. The minimum atomic E-state index is -3.30. The van der Waals surface area contributed by atoms with E-state index in [0.717, 1.165) is 25.7 Å². The lowest BCUT2D eigenvalue weighted by Crippen LogP contribution is -2.52. The molecule has 6 nitrogen and oxygen atoms in total. The zero-order chi connectivity index (χ0) is 12.8. The molecule has 0 bridgehead atoms. The van der Waals surface area contributed by atoms with Crippen LogP contribution in [0, 0.1) is 5.92 Å². The SMILES string of the molecule is CCCCCCCC(C(O)(O)O)C(O)(O)O. The molecule has 0 rings (SSSR count). The fourth-order valence-corrected chi connectivity index (χ4v) is 1.60. The summed E-state index contributed by atoms with van der Waals surface area (Å²) in [5, 5.41) is 53.1. The van der Waals surface area contributed by atoms with Crippen molar-refractivity contribution < 1.29 is 30.6 Å². The Morgan fingerprint density at radius 3 is 1.56 bits per heavy atom. The third-order valence-electron chi connectivity index (χ3n) is 2.53. The molecule has 0 aliphatic heterocycles. The molecule has 6 N–H and O–H groups in total. The van der Waals surface area contributed by atoms with Crippen molar-refractivity contribution in [2.45, 2.75) is 57.4 Å². The number of aliphatic hydroxyl groups is 6. The van der Waals surface area contributed by atoms with Crippen molar-refractivity contribution in [2.75, 3.05) is 0 Å². The average Bonchev–Trinajstić information content (AvgIpc) is 2.06. The van der Waals surface area contributed by atoms with Crippen molar-refractivity contribution in [3.63, 3.8) is 0 Å². The normalized spacial score (nSPS) is 13.5. The fraction of sp³-hybridized carbons (Fsp3) is 1.00. The van der Waals surface area contributed by atoms with Crippen LogP contribution in [0.5, 0.6) is 0 Å². The number of unbranched alkanes of at least 4 members (excludes halogenated alkanes) is 4. The van der Waals surface area contributed by atoms with Crippen molar-refractivity contribution in [2.24, 2.45) is 5.92 Å². The van der Waals surface area contributed by atoms with E-state index in [9.17, 15) is 0 Å². The van der Waals surface area contributed by atoms with Crippen LogP contribution < -0.4 is 0 Å². The minimum Gasteiger partial charge on any atom is -0.343 e. The standard InChI is InChI=1S/C10H22O6/c1-2-3-4-5-6-7-8(9(11,12)13)10(14,15)16/h8,11-16H,2-7H2,1H3. The van der Waals surface area contributed by atoms with Crippen molar-refractivity contribution in [1.29, 1.82) is 0 Å². The molecule has 0 aliphatic rings. The van der Waals surface area contributed by atoms with Gasteiger partial charge in [-0.2, -0.15) is 0 Å². The molecule has 0 spiro atoms. The van der Waals surface area contributed by atoms with Gasteiger partial charge in [0.2, 0.25) is 0 Å². The monoisotopic (exact) mass is 238 g/mol. The zero-order valence-corrected chi connectivity index (χ0v) is 9.50. The van der Waals surface area contributed by atoms with E-state index in [4.69, 9.17) is 30.6 Å². The number of hydrogen-bond donors (Lipinski definition) is 6. The van der Waals surface area contributed by atoms with Gasteiger partial charge < -0.3 is 30.6 Å². The summed E-state index contributed by atoms with van der Waals surface area (Å²) in [7, 11) is 0. The molecule has 0 aromatic rings. The lowest BCUT2D eigenvalue weighted by atomic mass is 9.95. The lowest BCUT2D eigenvalue weighted by Gasteiger charge is -2.32. The van der Waals surface area contributed by atoms with Crippen LogP contribution in [0.1, 0.15) is 45.4 Å². The molecular weight excluding hydrogens is 216 g/mol. The molecule has 0 aromatic heterocycles. The molecule has 0 radical (unpaired) electrons. The molecule has 0 atom stereocenters. The van der Waals surface area contributed by atoms with Gasteiger partial charge in [-0.15, -0.1) is 0 Å². The largest absolute Gasteiger partial charge is 0.343 e. The Labute approximate surface area is 94.8 Å². The summed E-state index contributed by atoms with van der Waals surface area (Å²) in [6.45, 7) is 2.04. The molecule has 0 saturated carbocycles. The predicted molar refractivity (Wildman–Crippen MR) is 55.6 cm³/mol. The van der Waals surface area contributed by atoms with Crippen LogP contribution in [-0.2, 0) is 0 Å². The highest BCUT2D eigenvalue weighted by Gasteiger charge is 2.46. The van der Waals surface area contributed by atoms with E-state index in [1.807, 2.05) is 6.92 Å². The molecule has 0 fully saturated rings.